The molecule has 0 saturated carbocycles. The Morgan fingerprint density at radius 1 is 1.26 bits per heavy atom. The normalized spacial score (nSPS) is 10.1. The second-order valence-electron chi connectivity index (χ2n) is 4.36. The Morgan fingerprint density at radius 2 is 1.95 bits per heavy atom. The van der Waals surface area contributed by atoms with E-state index in [9.17, 15) is 9.59 Å². The van der Waals surface area contributed by atoms with Crippen LogP contribution in [0.2, 0.25) is 0 Å². The topological polar surface area (TPSA) is 69.6 Å². The van der Waals surface area contributed by atoms with Gasteiger partial charge in [-0.05, 0) is 44.0 Å². The molecule has 0 fully saturated rings. The van der Waals surface area contributed by atoms with E-state index < -0.39 is 11.8 Å². The second-order valence-corrected chi connectivity index (χ2v) is 4.36. The fraction of sp³-hybridized carbons (Fsp3) is 0.429. The van der Waals surface area contributed by atoms with E-state index in [0.717, 1.165) is 11.1 Å². The minimum absolute atomic E-state index is 0.156. The lowest BCUT2D eigenvalue weighted by molar-refractivity contribution is -0.143. The van der Waals surface area contributed by atoms with Crippen LogP contribution in [0.4, 0.5) is 5.69 Å². The molecule has 1 aromatic rings. The van der Waals surface area contributed by atoms with Crippen molar-refractivity contribution in [3.63, 3.8) is 0 Å². The Balaban J connectivity index is 2.73. The van der Waals surface area contributed by atoms with Crippen molar-refractivity contribution in [1.29, 1.82) is 0 Å². The maximum atomic E-state index is 11.8. The van der Waals surface area contributed by atoms with Crippen molar-refractivity contribution in [1.82, 2.24) is 4.90 Å². The number of aryl methyl sites for hydroxylation is 2. The molecule has 0 saturated heterocycles. The van der Waals surface area contributed by atoms with Gasteiger partial charge in [-0.2, -0.15) is 0 Å². The molecule has 0 heterocycles. The molecule has 1 aromatic carbocycles. The van der Waals surface area contributed by atoms with Crippen molar-refractivity contribution in [2.45, 2.75) is 20.8 Å². The highest BCUT2D eigenvalue weighted by Gasteiger charge is 2.20. The third-order valence-corrected chi connectivity index (χ3v) is 3.00. The highest BCUT2D eigenvalue weighted by molar-refractivity contribution is 6.39. The largest absolute Gasteiger partial charge is 0.395 e. The van der Waals surface area contributed by atoms with Crippen LogP contribution in [0, 0.1) is 13.8 Å². The van der Waals surface area contributed by atoms with Crippen molar-refractivity contribution in [3.05, 3.63) is 29.3 Å². The van der Waals surface area contributed by atoms with Crippen LogP contribution in [0.5, 0.6) is 0 Å². The minimum atomic E-state index is -0.682. The Morgan fingerprint density at radius 3 is 2.47 bits per heavy atom. The number of benzene rings is 1. The molecule has 1 rings (SSSR count). The number of rotatable bonds is 4. The summed E-state index contributed by atoms with van der Waals surface area (Å²) < 4.78 is 0. The predicted octanol–water partition coefficient (Wildman–Crippen LogP) is 1.08. The van der Waals surface area contributed by atoms with Gasteiger partial charge in [-0.25, -0.2) is 0 Å². The summed E-state index contributed by atoms with van der Waals surface area (Å²) in [5, 5.41) is 11.4. The van der Waals surface area contributed by atoms with Crippen molar-refractivity contribution >= 4 is 17.5 Å². The van der Waals surface area contributed by atoms with Crippen LogP contribution in [-0.2, 0) is 9.59 Å². The van der Waals surface area contributed by atoms with Gasteiger partial charge >= 0.3 is 11.8 Å². The molecule has 0 aliphatic heterocycles. The molecule has 2 N–H and O–H groups in total. The first-order valence-electron chi connectivity index (χ1n) is 6.28. The molecule has 104 valence electrons. The van der Waals surface area contributed by atoms with E-state index in [1.165, 1.54) is 4.90 Å². The summed E-state index contributed by atoms with van der Waals surface area (Å²) in [6, 6.07) is 5.47. The molecule has 19 heavy (non-hydrogen) atoms. The SMILES string of the molecule is CCN(CCO)C(=O)C(=O)Nc1ccc(C)c(C)c1. The zero-order valence-corrected chi connectivity index (χ0v) is 11.6. The molecule has 0 radical (unpaired) electrons. The summed E-state index contributed by atoms with van der Waals surface area (Å²) in [6.45, 7) is 6.08. The van der Waals surface area contributed by atoms with Crippen molar-refractivity contribution in [2.75, 3.05) is 25.0 Å². The van der Waals surface area contributed by atoms with Gasteiger partial charge in [0.1, 0.15) is 0 Å². The summed E-state index contributed by atoms with van der Waals surface area (Å²) in [5.41, 5.74) is 2.77. The standard InChI is InChI=1S/C14H20N2O3/c1-4-16(7-8-17)14(19)13(18)15-12-6-5-10(2)11(3)9-12/h5-6,9,17H,4,7-8H2,1-3H3,(H,15,18). The lowest BCUT2D eigenvalue weighted by Gasteiger charge is -2.18. The molecule has 5 heteroatoms. The molecule has 0 atom stereocenters. The molecular formula is C14H20N2O3. The van der Waals surface area contributed by atoms with Gasteiger partial charge in [0.05, 0.1) is 6.61 Å². The lowest BCUT2D eigenvalue weighted by atomic mass is 10.1. The van der Waals surface area contributed by atoms with Crippen LogP contribution in [0.1, 0.15) is 18.1 Å². The number of aliphatic hydroxyl groups is 1. The van der Waals surface area contributed by atoms with E-state index in [4.69, 9.17) is 5.11 Å². The van der Waals surface area contributed by atoms with Crippen LogP contribution in [-0.4, -0.2) is 41.5 Å². The molecule has 0 aliphatic carbocycles. The van der Waals surface area contributed by atoms with Gasteiger partial charge in [0.15, 0.2) is 0 Å². The number of carbonyl (C=O) groups is 2. The Labute approximate surface area is 113 Å². The minimum Gasteiger partial charge on any atom is -0.395 e. The Bertz CT molecular complexity index is 472. The average Bonchev–Trinajstić information content (AvgIpc) is 2.39. The average molecular weight is 264 g/mol. The van der Waals surface area contributed by atoms with Crippen LogP contribution < -0.4 is 5.32 Å². The number of nitrogens with zero attached hydrogens (tertiary/aromatic N) is 1. The number of aliphatic hydroxyl groups excluding tert-OH is 1. The van der Waals surface area contributed by atoms with Crippen molar-refractivity contribution in [2.24, 2.45) is 0 Å². The number of nitrogens with one attached hydrogen (secondary N) is 1. The first-order chi connectivity index (χ1) is 8.99. The molecule has 0 aliphatic rings. The quantitative estimate of drug-likeness (QED) is 0.800. The lowest BCUT2D eigenvalue weighted by Crippen LogP contribution is -2.41. The number of amides is 2. The van der Waals surface area contributed by atoms with E-state index in [1.54, 1.807) is 13.0 Å². The van der Waals surface area contributed by atoms with Crippen LogP contribution >= 0.6 is 0 Å². The monoisotopic (exact) mass is 264 g/mol. The van der Waals surface area contributed by atoms with Crippen LogP contribution in [0.25, 0.3) is 0 Å². The van der Waals surface area contributed by atoms with Crippen molar-refractivity contribution in [3.8, 4) is 0 Å². The van der Waals surface area contributed by atoms with E-state index in [0.29, 0.717) is 12.2 Å². The third-order valence-electron chi connectivity index (χ3n) is 3.00. The number of likely N-dealkylation sites (N-methyl/N-ethyl adjacent to an activating group) is 1. The second kappa shape index (κ2) is 6.89. The third kappa shape index (κ3) is 4.06. The molecule has 2 amide bonds. The van der Waals surface area contributed by atoms with Gasteiger partial charge in [-0.15, -0.1) is 0 Å². The fourth-order valence-corrected chi connectivity index (χ4v) is 1.67. The zero-order valence-electron chi connectivity index (χ0n) is 11.6. The maximum Gasteiger partial charge on any atom is 0.313 e. The Kier molecular flexibility index (Phi) is 5.51. The fourth-order valence-electron chi connectivity index (χ4n) is 1.67. The summed E-state index contributed by atoms with van der Waals surface area (Å²) in [4.78, 5) is 24.9. The summed E-state index contributed by atoms with van der Waals surface area (Å²) in [5.74, 6) is -1.31. The summed E-state index contributed by atoms with van der Waals surface area (Å²) in [7, 11) is 0. The highest BCUT2D eigenvalue weighted by atomic mass is 16.3. The van der Waals surface area contributed by atoms with Gasteiger partial charge in [0, 0.05) is 18.8 Å². The highest BCUT2D eigenvalue weighted by Crippen LogP contribution is 2.14. The molecule has 0 unspecified atom stereocenters. The summed E-state index contributed by atoms with van der Waals surface area (Å²) in [6.07, 6.45) is 0. The number of hydrogen-bond acceptors (Lipinski definition) is 3. The molecular weight excluding hydrogens is 244 g/mol. The first-order valence-corrected chi connectivity index (χ1v) is 6.28. The van der Waals surface area contributed by atoms with Gasteiger partial charge < -0.3 is 15.3 Å². The molecule has 0 spiro atoms. The van der Waals surface area contributed by atoms with E-state index >= 15 is 0 Å². The van der Waals surface area contributed by atoms with Gasteiger partial charge in [0.25, 0.3) is 0 Å². The van der Waals surface area contributed by atoms with Gasteiger partial charge in [-0.1, -0.05) is 6.07 Å². The van der Waals surface area contributed by atoms with E-state index in [1.807, 2.05) is 26.0 Å². The molecule has 5 nitrogen and oxygen atoms in total. The first kappa shape index (κ1) is 15.2. The predicted molar refractivity (Wildman–Crippen MR) is 73.9 cm³/mol. The van der Waals surface area contributed by atoms with Gasteiger partial charge in [0.2, 0.25) is 0 Å². The van der Waals surface area contributed by atoms with E-state index in [2.05, 4.69) is 5.32 Å². The van der Waals surface area contributed by atoms with Crippen molar-refractivity contribution < 1.29 is 14.7 Å². The summed E-state index contributed by atoms with van der Waals surface area (Å²) >= 11 is 0. The number of carbonyl (C=O) groups excluding carboxylic acids is 2. The Hall–Kier alpha value is -1.88. The van der Waals surface area contributed by atoms with Crippen LogP contribution in [0.15, 0.2) is 18.2 Å². The van der Waals surface area contributed by atoms with Gasteiger partial charge in [-0.3, -0.25) is 9.59 Å². The van der Waals surface area contributed by atoms with Crippen LogP contribution in [0.3, 0.4) is 0 Å². The zero-order chi connectivity index (χ0) is 14.4. The molecule has 0 bridgehead atoms. The number of hydrogen-bond donors (Lipinski definition) is 2. The number of anilines is 1. The molecule has 0 aromatic heterocycles. The smallest absolute Gasteiger partial charge is 0.313 e. The maximum absolute atomic E-state index is 11.8. The van der Waals surface area contributed by atoms with E-state index in [-0.39, 0.29) is 13.2 Å².